The number of ketones is 1. The lowest BCUT2D eigenvalue weighted by Gasteiger charge is -2.00. The third-order valence-electron chi connectivity index (χ3n) is 2.09. The van der Waals surface area contributed by atoms with Crippen molar-refractivity contribution in [3.63, 3.8) is 0 Å². The van der Waals surface area contributed by atoms with Crippen molar-refractivity contribution in [2.45, 2.75) is 11.8 Å². The van der Waals surface area contributed by atoms with E-state index in [4.69, 9.17) is 4.55 Å². The first-order valence-electron chi connectivity index (χ1n) is 5.17. The average Bonchev–Trinajstić information content (AvgIpc) is 2.31. The first kappa shape index (κ1) is 13.8. The third kappa shape index (κ3) is 5.53. The molecule has 0 radical (unpaired) electrons. The Kier molecular flexibility index (Phi) is 5.76. The molecule has 0 saturated heterocycles. The van der Waals surface area contributed by atoms with Gasteiger partial charge >= 0.3 is 0 Å². The molecule has 5 heteroatoms. The Labute approximate surface area is 103 Å². The van der Waals surface area contributed by atoms with Crippen molar-refractivity contribution in [2.75, 3.05) is 13.1 Å². The summed E-state index contributed by atoms with van der Waals surface area (Å²) in [6.07, 6.45) is 3.43. The molecule has 2 rings (SSSR count). The second-order valence-corrected chi connectivity index (χ2v) is 4.53. The highest BCUT2D eigenvalue weighted by Crippen LogP contribution is 2.05. The summed E-state index contributed by atoms with van der Waals surface area (Å²) in [6, 6.07) is 6.91. The summed E-state index contributed by atoms with van der Waals surface area (Å²) in [5, 5.41) is 2.90. The van der Waals surface area contributed by atoms with Crippen LogP contribution in [0.2, 0.25) is 0 Å². The van der Waals surface area contributed by atoms with Crippen molar-refractivity contribution in [1.29, 1.82) is 0 Å². The van der Waals surface area contributed by atoms with E-state index in [0.717, 1.165) is 12.1 Å². The number of hydrogen-bond acceptors (Lipinski definition) is 3. The lowest BCUT2D eigenvalue weighted by atomic mass is 10.2. The first-order chi connectivity index (χ1) is 8.09. The summed E-state index contributed by atoms with van der Waals surface area (Å²) < 4.78 is 19.0. The number of carbonyl (C=O) groups excluding carboxylic acids is 1. The van der Waals surface area contributed by atoms with Crippen molar-refractivity contribution in [1.82, 2.24) is 5.32 Å². The second-order valence-electron chi connectivity index (χ2n) is 3.56. The van der Waals surface area contributed by atoms with E-state index in [1.54, 1.807) is 18.2 Å². The van der Waals surface area contributed by atoms with Gasteiger partial charge in [0.25, 0.3) is 0 Å². The van der Waals surface area contributed by atoms with Gasteiger partial charge in [-0.25, -0.2) is 4.21 Å². The van der Waals surface area contributed by atoms with Gasteiger partial charge in [-0.1, -0.05) is 23.8 Å². The zero-order chi connectivity index (χ0) is 12.7. The molecule has 1 aromatic carbocycles. The van der Waals surface area contributed by atoms with E-state index < -0.39 is 11.1 Å². The maximum absolute atomic E-state index is 10.4. The van der Waals surface area contributed by atoms with Gasteiger partial charge in [-0.05, 0) is 25.1 Å². The molecule has 92 valence electrons. The van der Waals surface area contributed by atoms with Gasteiger partial charge in [0.05, 0.1) is 11.4 Å². The Balaban J connectivity index is 0.000000181. The largest absolute Gasteiger partial charge is 0.306 e. The molecule has 4 nitrogen and oxygen atoms in total. The van der Waals surface area contributed by atoms with Crippen LogP contribution in [0, 0.1) is 6.92 Å². The number of benzene rings is 1. The van der Waals surface area contributed by atoms with E-state index in [1.807, 2.05) is 25.1 Å². The van der Waals surface area contributed by atoms with Crippen LogP contribution in [0.5, 0.6) is 0 Å². The highest BCUT2D eigenvalue weighted by atomic mass is 32.2. The summed E-state index contributed by atoms with van der Waals surface area (Å²) in [4.78, 5) is 10.8. The second kappa shape index (κ2) is 7.11. The molecule has 2 N–H and O–H groups in total. The maximum Gasteiger partial charge on any atom is 0.186 e. The van der Waals surface area contributed by atoms with Gasteiger partial charge in [0, 0.05) is 6.54 Å². The highest BCUT2D eigenvalue weighted by molar-refractivity contribution is 7.79. The van der Waals surface area contributed by atoms with Gasteiger partial charge in [-0.2, -0.15) is 0 Å². The Morgan fingerprint density at radius 2 is 1.94 bits per heavy atom. The number of hydrogen-bond donors (Lipinski definition) is 2. The summed E-state index contributed by atoms with van der Waals surface area (Å²) in [5.74, 6) is 0.172. The van der Waals surface area contributed by atoms with Crippen molar-refractivity contribution < 1.29 is 13.6 Å². The summed E-state index contributed by atoms with van der Waals surface area (Å²) in [5.41, 5.74) is 1.09. The van der Waals surface area contributed by atoms with Gasteiger partial charge < -0.3 is 9.87 Å². The molecule has 1 aromatic rings. The predicted octanol–water partition coefficient (Wildman–Crippen LogP) is 1.29. The Morgan fingerprint density at radius 1 is 1.29 bits per heavy atom. The van der Waals surface area contributed by atoms with Gasteiger partial charge in [0.1, 0.15) is 0 Å². The zero-order valence-electron chi connectivity index (χ0n) is 9.55. The molecule has 17 heavy (non-hydrogen) atoms. The summed E-state index contributed by atoms with van der Waals surface area (Å²) in [7, 11) is 0. The fourth-order valence-electron chi connectivity index (χ4n) is 1.18. The smallest absolute Gasteiger partial charge is 0.186 e. The van der Waals surface area contributed by atoms with Crippen LogP contribution in [-0.4, -0.2) is 27.6 Å². The molecule has 1 heterocycles. The quantitative estimate of drug-likeness (QED) is 0.740. The molecule has 0 spiro atoms. The summed E-state index contributed by atoms with van der Waals surface area (Å²) in [6.45, 7) is 3.28. The van der Waals surface area contributed by atoms with E-state index in [0.29, 0.717) is 11.4 Å². The minimum atomic E-state index is -1.84. The van der Waals surface area contributed by atoms with E-state index in [1.165, 1.54) is 0 Å². The van der Waals surface area contributed by atoms with E-state index in [9.17, 15) is 9.00 Å². The molecular formula is C12H15NO3S. The van der Waals surface area contributed by atoms with Crippen LogP contribution in [0.15, 0.2) is 41.3 Å². The number of rotatable bonds is 1. The first-order valence-corrected chi connectivity index (χ1v) is 6.28. The van der Waals surface area contributed by atoms with Gasteiger partial charge in [0.15, 0.2) is 16.9 Å². The molecule has 0 aliphatic carbocycles. The lowest BCUT2D eigenvalue weighted by Crippen LogP contribution is -2.25. The SMILES string of the molecule is Cc1ccc(S(=O)O)cc1.O=C1C=CCNC1. The number of aryl methyl sites for hydroxylation is 1. The van der Waals surface area contributed by atoms with Crippen LogP contribution in [0.1, 0.15) is 5.56 Å². The normalized spacial score (nSPS) is 16.0. The monoisotopic (exact) mass is 253 g/mol. The number of carbonyl (C=O) groups is 1. The van der Waals surface area contributed by atoms with Crippen LogP contribution in [0.4, 0.5) is 0 Å². The van der Waals surface area contributed by atoms with E-state index in [-0.39, 0.29) is 5.78 Å². The molecule has 1 unspecified atom stereocenters. The Morgan fingerprint density at radius 3 is 2.29 bits per heavy atom. The molecule has 0 aromatic heterocycles. The van der Waals surface area contributed by atoms with Crippen molar-refractivity contribution >= 4 is 16.9 Å². The molecular weight excluding hydrogens is 238 g/mol. The Bertz CT molecular complexity index is 426. The van der Waals surface area contributed by atoms with Crippen molar-refractivity contribution in [3.05, 3.63) is 42.0 Å². The minimum absolute atomic E-state index is 0.172. The van der Waals surface area contributed by atoms with Crippen LogP contribution in [-0.2, 0) is 15.9 Å². The molecule has 1 aliphatic rings. The van der Waals surface area contributed by atoms with Crippen molar-refractivity contribution in [2.24, 2.45) is 0 Å². The van der Waals surface area contributed by atoms with Crippen LogP contribution < -0.4 is 5.32 Å². The summed E-state index contributed by atoms with van der Waals surface area (Å²) >= 11 is -1.84. The van der Waals surface area contributed by atoms with Gasteiger partial charge in [-0.15, -0.1) is 0 Å². The minimum Gasteiger partial charge on any atom is -0.306 e. The van der Waals surface area contributed by atoms with E-state index in [2.05, 4.69) is 5.32 Å². The third-order valence-corrected chi connectivity index (χ3v) is 2.76. The topological polar surface area (TPSA) is 66.4 Å². The van der Waals surface area contributed by atoms with Crippen LogP contribution >= 0.6 is 0 Å². The molecule has 1 atom stereocenters. The fraction of sp³-hybridized carbons (Fsp3) is 0.250. The standard InChI is InChI=1S/C7H8O2S.C5H7NO/c1-6-2-4-7(5-3-6)10(8)9;7-5-2-1-3-6-4-5/h2-5H,1H3,(H,8,9);1-2,6H,3-4H2. The lowest BCUT2D eigenvalue weighted by molar-refractivity contribution is -0.114. The highest BCUT2D eigenvalue weighted by Gasteiger charge is 1.97. The molecule has 0 saturated carbocycles. The molecule has 0 amide bonds. The average molecular weight is 253 g/mol. The van der Waals surface area contributed by atoms with E-state index >= 15 is 0 Å². The fourth-order valence-corrected chi connectivity index (χ4v) is 1.55. The van der Waals surface area contributed by atoms with Crippen LogP contribution in [0.25, 0.3) is 0 Å². The number of nitrogens with one attached hydrogen (secondary N) is 1. The molecule has 1 aliphatic heterocycles. The van der Waals surface area contributed by atoms with Crippen LogP contribution in [0.3, 0.4) is 0 Å². The Hall–Kier alpha value is -1.30. The molecule has 0 bridgehead atoms. The van der Waals surface area contributed by atoms with Gasteiger partial charge in [0.2, 0.25) is 0 Å². The predicted molar refractivity (Wildman–Crippen MR) is 67.2 cm³/mol. The van der Waals surface area contributed by atoms with Gasteiger partial charge in [-0.3, -0.25) is 4.79 Å². The zero-order valence-corrected chi connectivity index (χ0v) is 10.4. The van der Waals surface area contributed by atoms with Crippen molar-refractivity contribution in [3.8, 4) is 0 Å². The maximum atomic E-state index is 10.4. The molecule has 0 fully saturated rings.